The van der Waals surface area contributed by atoms with E-state index in [4.69, 9.17) is 16.9 Å². The molecule has 18 heavy (non-hydrogen) atoms. The molecule has 2 atom stereocenters. The minimum Gasteiger partial charge on any atom is -0.192 e. The van der Waals surface area contributed by atoms with Crippen LogP contribution in [0.15, 0.2) is 48.5 Å². The minimum atomic E-state index is 0.596. The highest BCUT2D eigenvalue weighted by molar-refractivity contribution is 6.30. The smallest absolute Gasteiger partial charge is 0.0991 e. The van der Waals surface area contributed by atoms with Crippen LogP contribution in [-0.2, 0) is 0 Å². The van der Waals surface area contributed by atoms with Gasteiger partial charge in [0.2, 0.25) is 0 Å². The van der Waals surface area contributed by atoms with Crippen LogP contribution in [0.3, 0.4) is 0 Å². The fraction of sp³-hybridized carbons (Fsp3) is 0.188. The Labute approximate surface area is 112 Å². The van der Waals surface area contributed by atoms with Crippen molar-refractivity contribution in [2.75, 3.05) is 0 Å². The maximum absolute atomic E-state index is 8.78. The van der Waals surface area contributed by atoms with Crippen molar-refractivity contribution in [3.63, 3.8) is 0 Å². The van der Waals surface area contributed by atoms with Crippen molar-refractivity contribution in [1.29, 1.82) is 5.26 Å². The zero-order valence-corrected chi connectivity index (χ0v) is 10.6. The first-order chi connectivity index (χ1) is 8.78. The highest BCUT2D eigenvalue weighted by Crippen LogP contribution is 2.54. The van der Waals surface area contributed by atoms with Gasteiger partial charge < -0.3 is 0 Å². The monoisotopic (exact) mass is 253 g/mol. The molecule has 1 aliphatic carbocycles. The SMILES string of the molecule is N#Cc1ccc(C2CC2c2ccc(Cl)cc2)cc1. The Morgan fingerprint density at radius 3 is 1.89 bits per heavy atom. The van der Waals surface area contributed by atoms with Gasteiger partial charge in [-0.15, -0.1) is 0 Å². The van der Waals surface area contributed by atoms with Gasteiger partial charge in [-0.25, -0.2) is 0 Å². The van der Waals surface area contributed by atoms with E-state index in [0.29, 0.717) is 11.8 Å². The van der Waals surface area contributed by atoms with Crippen molar-refractivity contribution < 1.29 is 0 Å². The molecule has 0 spiro atoms. The van der Waals surface area contributed by atoms with Crippen molar-refractivity contribution in [3.8, 4) is 6.07 Å². The topological polar surface area (TPSA) is 23.8 Å². The van der Waals surface area contributed by atoms with Crippen molar-refractivity contribution in [2.45, 2.75) is 18.3 Å². The molecule has 2 heteroatoms. The number of benzene rings is 2. The molecular weight excluding hydrogens is 242 g/mol. The van der Waals surface area contributed by atoms with Crippen molar-refractivity contribution in [2.24, 2.45) is 0 Å². The Balaban J connectivity index is 1.77. The largest absolute Gasteiger partial charge is 0.192 e. The highest BCUT2D eigenvalue weighted by atomic mass is 35.5. The second-order valence-electron chi connectivity index (χ2n) is 4.73. The Morgan fingerprint density at radius 2 is 1.39 bits per heavy atom. The lowest BCUT2D eigenvalue weighted by molar-refractivity contribution is 1.03. The fourth-order valence-corrected chi connectivity index (χ4v) is 2.57. The first-order valence-electron chi connectivity index (χ1n) is 6.03. The zero-order valence-electron chi connectivity index (χ0n) is 9.81. The van der Waals surface area contributed by atoms with E-state index in [1.807, 2.05) is 24.3 Å². The van der Waals surface area contributed by atoms with Gasteiger partial charge in [0.1, 0.15) is 0 Å². The molecule has 0 radical (unpaired) electrons. The molecule has 0 saturated heterocycles. The lowest BCUT2D eigenvalue weighted by Crippen LogP contribution is -1.85. The summed E-state index contributed by atoms with van der Waals surface area (Å²) >= 11 is 5.89. The van der Waals surface area contributed by atoms with E-state index in [2.05, 4.69) is 30.3 Å². The number of hydrogen-bond donors (Lipinski definition) is 0. The van der Waals surface area contributed by atoms with Crippen LogP contribution in [0.2, 0.25) is 5.02 Å². The van der Waals surface area contributed by atoms with Gasteiger partial charge in [0.25, 0.3) is 0 Å². The van der Waals surface area contributed by atoms with E-state index in [1.54, 1.807) is 0 Å². The minimum absolute atomic E-state index is 0.596. The molecule has 1 saturated carbocycles. The van der Waals surface area contributed by atoms with E-state index < -0.39 is 0 Å². The second-order valence-corrected chi connectivity index (χ2v) is 5.17. The van der Waals surface area contributed by atoms with Crippen LogP contribution in [-0.4, -0.2) is 0 Å². The van der Waals surface area contributed by atoms with Crippen LogP contribution in [0.4, 0.5) is 0 Å². The molecular formula is C16H12ClN. The Morgan fingerprint density at radius 1 is 0.889 bits per heavy atom. The summed E-state index contributed by atoms with van der Waals surface area (Å²) in [7, 11) is 0. The van der Waals surface area contributed by atoms with E-state index in [9.17, 15) is 0 Å². The molecule has 2 aromatic rings. The maximum atomic E-state index is 8.78. The zero-order chi connectivity index (χ0) is 12.5. The molecule has 2 unspecified atom stereocenters. The second kappa shape index (κ2) is 4.48. The first-order valence-corrected chi connectivity index (χ1v) is 6.41. The summed E-state index contributed by atoms with van der Waals surface area (Å²) in [5.74, 6) is 1.20. The van der Waals surface area contributed by atoms with Crippen molar-refractivity contribution >= 4 is 11.6 Å². The van der Waals surface area contributed by atoms with E-state index in [1.165, 1.54) is 17.5 Å². The molecule has 2 aromatic carbocycles. The summed E-state index contributed by atoms with van der Waals surface area (Å²) in [4.78, 5) is 0. The van der Waals surface area contributed by atoms with Crippen LogP contribution in [0.1, 0.15) is 34.9 Å². The molecule has 0 amide bonds. The highest BCUT2D eigenvalue weighted by Gasteiger charge is 2.39. The van der Waals surface area contributed by atoms with Crippen LogP contribution in [0.5, 0.6) is 0 Å². The number of nitrogens with zero attached hydrogens (tertiary/aromatic N) is 1. The van der Waals surface area contributed by atoms with Gasteiger partial charge in [0.15, 0.2) is 0 Å². The number of halogens is 1. The fourth-order valence-electron chi connectivity index (χ4n) is 2.45. The predicted molar refractivity (Wildman–Crippen MR) is 72.7 cm³/mol. The van der Waals surface area contributed by atoms with Crippen LogP contribution in [0, 0.1) is 11.3 Å². The van der Waals surface area contributed by atoms with Gasteiger partial charge in [-0.2, -0.15) is 5.26 Å². The van der Waals surface area contributed by atoms with Gasteiger partial charge in [-0.1, -0.05) is 35.9 Å². The first kappa shape index (κ1) is 11.3. The molecule has 3 rings (SSSR count). The van der Waals surface area contributed by atoms with Gasteiger partial charge >= 0.3 is 0 Å². The Kier molecular flexibility index (Phi) is 2.81. The molecule has 0 aromatic heterocycles. The maximum Gasteiger partial charge on any atom is 0.0991 e. The molecule has 1 nitrogen and oxygen atoms in total. The average molecular weight is 254 g/mol. The van der Waals surface area contributed by atoms with Gasteiger partial charge in [0.05, 0.1) is 11.6 Å². The van der Waals surface area contributed by atoms with Gasteiger partial charge in [0, 0.05) is 5.02 Å². The number of rotatable bonds is 2. The average Bonchev–Trinajstić information content (AvgIpc) is 3.20. The summed E-state index contributed by atoms with van der Waals surface area (Å²) in [6.45, 7) is 0. The van der Waals surface area contributed by atoms with Crippen molar-refractivity contribution in [3.05, 3.63) is 70.2 Å². The molecule has 1 aliphatic rings. The quantitative estimate of drug-likeness (QED) is 0.774. The molecule has 0 N–H and O–H groups in total. The van der Waals surface area contributed by atoms with Crippen LogP contribution >= 0.6 is 11.6 Å². The van der Waals surface area contributed by atoms with Gasteiger partial charge in [-0.3, -0.25) is 0 Å². The van der Waals surface area contributed by atoms with E-state index >= 15 is 0 Å². The van der Waals surface area contributed by atoms with Crippen LogP contribution < -0.4 is 0 Å². The number of hydrogen-bond acceptors (Lipinski definition) is 1. The van der Waals surface area contributed by atoms with Crippen LogP contribution in [0.25, 0.3) is 0 Å². The van der Waals surface area contributed by atoms with E-state index in [-0.39, 0.29) is 0 Å². The predicted octanol–water partition coefficient (Wildman–Crippen LogP) is 4.48. The lowest BCUT2D eigenvalue weighted by atomic mass is 10.0. The third-order valence-electron chi connectivity index (χ3n) is 3.56. The molecule has 0 heterocycles. The lowest BCUT2D eigenvalue weighted by Gasteiger charge is -2.02. The summed E-state index contributed by atoms with van der Waals surface area (Å²) < 4.78 is 0. The third kappa shape index (κ3) is 2.12. The standard InChI is InChI=1S/C16H12ClN/c17-14-7-5-13(6-8-14)16-9-15(16)12-3-1-11(10-18)2-4-12/h1-8,15-16H,9H2. The van der Waals surface area contributed by atoms with Gasteiger partial charge in [-0.05, 0) is 53.6 Å². The summed E-state index contributed by atoms with van der Waals surface area (Å²) in [6, 6.07) is 18.2. The van der Waals surface area contributed by atoms with E-state index in [0.717, 1.165) is 10.6 Å². The molecule has 0 bridgehead atoms. The Hall–Kier alpha value is -1.78. The summed E-state index contributed by atoms with van der Waals surface area (Å²) in [6.07, 6.45) is 1.19. The molecule has 1 fully saturated rings. The van der Waals surface area contributed by atoms with Crippen molar-refractivity contribution in [1.82, 2.24) is 0 Å². The Bertz CT molecular complexity index is 592. The summed E-state index contributed by atoms with van der Waals surface area (Å²) in [5, 5.41) is 9.56. The molecule has 0 aliphatic heterocycles. The molecule has 88 valence electrons. The normalized spacial score (nSPS) is 21.3. The third-order valence-corrected chi connectivity index (χ3v) is 3.81. The summed E-state index contributed by atoms with van der Waals surface area (Å²) in [5.41, 5.74) is 3.41. The number of nitriles is 1.